The summed E-state index contributed by atoms with van der Waals surface area (Å²) in [5.41, 5.74) is 3.04. The van der Waals surface area contributed by atoms with E-state index in [1.807, 2.05) is 26.0 Å². The van der Waals surface area contributed by atoms with E-state index in [0.717, 1.165) is 11.1 Å². The third-order valence-corrected chi connectivity index (χ3v) is 4.29. The Balaban J connectivity index is 1.83. The Morgan fingerprint density at radius 3 is 2.44 bits per heavy atom. The lowest BCUT2D eigenvalue weighted by Crippen LogP contribution is -2.40. The van der Waals surface area contributed by atoms with E-state index in [2.05, 4.69) is 10.6 Å². The van der Waals surface area contributed by atoms with Crippen LogP contribution in [-0.4, -0.2) is 30.4 Å². The summed E-state index contributed by atoms with van der Waals surface area (Å²) in [6, 6.07) is 11.1. The van der Waals surface area contributed by atoms with E-state index < -0.39 is 30.4 Å². The SMILES string of the molecule is Cc1ccc(NC(=O)COC(=O)[C@H](C)NC(=O)c2ccccc2Cl)cc1C. The minimum atomic E-state index is -0.928. The van der Waals surface area contributed by atoms with Gasteiger partial charge in [0.05, 0.1) is 10.6 Å². The molecule has 0 aliphatic carbocycles. The molecular weight excluding hydrogens is 368 g/mol. The van der Waals surface area contributed by atoms with Crippen LogP contribution in [0.5, 0.6) is 0 Å². The molecule has 2 N–H and O–H groups in total. The van der Waals surface area contributed by atoms with Gasteiger partial charge < -0.3 is 15.4 Å². The van der Waals surface area contributed by atoms with Crippen molar-refractivity contribution >= 4 is 35.1 Å². The van der Waals surface area contributed by atoms with E-state index in [-0.39, 0.29) is 10.6 Å². The molecule has 0 fully saturated rings. The summed E-state index contributed by atoms with van der Waals surface area (Å²) in [6.45, 7) is 4.94. The summed E-state index contributed by atoms with van der Waals surface area (Å²) in [5.74, 6) is -1.67. The van der Waals surface area contributed by atoms with Crippen molar-refractivity contribution in [3.63, 3.8) is 0 Å². The Morgan fingerprint density at radius 1 is 1.07 bits per heavy atom. The zero-order valence-electron chi connectivity index (χ0n) is 15.3. The highest BCUT2D eigenvalue weighted by Crippen LogP contribution is 2.15. The molecule has 0 aliphatic rings. The number of carbonyl (C=O) groups excluding carboxylic acids is 3. The molecule has 6 nitrogen and oxygen atoms in total. The molecule has 0 radical (unpaired) electrons. The molecule has 27 heavy (non-hydrogen) atoms. The van der Waals surface area contributed by atoms with Gasteiger partial charge in [0.1, 0.15) is 6.04 Å². The standard InChI is InChI=1S/C20H21ClN2O4/c1-12-8-9-15(10-13(12)2)23-18(24)11-27-20(26)14(3)22-19(25)16-6-4-5-7-17(16)21/h4-10,14H,11H2,1-3H3,(H,22,25)(H,23,24)/t14-/m0/s1. The maximum Gasteiger partial charge on any atom is 0.328 e. The maximum absolute atomic E-state index is 12.1. The summed E-state index contributed by atoms with van der Waals surface area (Å²) in [7, 11) is 0. The van der Waals surface area contributed by atoms with Crippen LogP contribution in [0.4, 0.5) is 5.69 Å². The van der Waals surface area contributed by atoms with Crippen molar-refractivity contribution in [1.82, 2.24) is 5.32 Å². The number of nitrogens with one attached hydrogen (secondary N) is 2. The van der Waals surface area contributed by atoms with Crippen LogP contribution < -0.4 is 10.6 Å². The number of aryl methyl sites for hydroxylation is 2. The highest BCUT2D eigenvalue weighted by atomic mass is 35.5. The van der Waals surface area contributed by atoms with Crippen molar-refractivity contribution in [3.05, 3.63) is 64.2 Å². The molecule has 0 aliphatic heterocycles. The van der Waals surface area contributed by atoms with Gasteiger partial charge in [-0.15, -0.1) is 0 Å². The summed E-state index contributed by atoms with van der Waals surface area (Å²) in [6.07, 6.45) is 0. The third-order valence-electron chi connectivity index (χ3n) is 3.96. The van der Waals surface area contributed by atoms with E-state index in [1.165, 1.54) is 6.92 Å². The van der Waals surface area contributed by atoms with Crippen LogP contribution in [0.2, 0.25) is 5.02 Å². The predicted molar refractivity (Wildman–Crippen MR) is 104 cm³/mol. The summed E-state index contributed by atoms with van der Waals surface area (Å²) < 4.78 is 4.96. The molecule has 2 aromatic carbocycles. The third kappa shape index (κ3) is 5.82. The topological polar surface area (TPSA) is 84.5 Å². The molecule has 0 aromatic heterocycles. The van der Waals surface area contributed by atoms with Gasteiger partial charge in [0.25, 0.3) is 11.8 Å². The van der Waals surface area contributed by atoms with E-state index in [0.29, 0.717) is 5.69 Å². The maximum atomic E-state index is 12.1. The van der Waals surface area contributed by atoms with Gasteiger partial charge >= 0.3 is 5.97 Å². The lowest BCUT2D eigenvalue weighted by atomic mass is 10.1. The van der Waals surface area contributed by atoms with E-state index in [4.69, 9.17) is 16.3 Å². The number of carbonyl (C=O) groups is 3. The Kier molecular flexibility index (Phi) is 6.96. The van der Waals surface area contributed by atoms with Crippen LogP contribution in [0.1, 0.15) is 28.4 Å². The highest BCUT2D eigenvalue weighted by Gasteiger charge is 2.20. The zero-order chi connectivity index (χ0) is 20.0. The number of hydrogen-bond acceptors (Lipinski definition) is 4. The molecule has 1 atom stereocenters. The fourth-order valence-corrected chi connectivity index (χ4v) is 2.48. The highest BCUT2D eigenvalue weighted by molar-refractivity contribution is 6.33. The van der Waals surface area contributed by atoms with Gasteiger partial charge in [0, 0.05) is 5.69 Å². The van der Waals surface area contributed by atoms with E-state index in [1.54, 1.807) is 30.3 Å². The lowest BCUT2D eigenvalue weighted by molar-refractivity contribution is -0.148. The van der Waals surface area contributed by atoms with Gasteiger partial charge in [-0.2, -0.15) is 0 Å². The van der Waals surface area contributed by atoms with Crippen molar-refractivity contribution in [2.24, 2.45) is 0 Å². The van der Waals surface area contributed by atoms with Crippen LogP contribution in [0, 0.1) is 13.8 Å². The second kappa shape index (κ2) is 9.19. The summed E-state index contributed by atoms with van der Waals surface area (Å²) >= 11 is 5.95. The van der Waals surface area contributed by atoms with Crippen molar-refractivity contribution in [2.45, 2.75) is 26.8 Å². The van der Waals surface area contributed by atoms with Gasteiger partial charge in [-0.1, -0.05) is 29.8 Å². The first-order valence-corrected chi connectivity index (χ1v) is 8.75. The quantitative estimate of drug-likeness (QED) is 0.744. The Bertz CT molecular complexity index is 867. The van der Waals surface area contributed by atoms with Gasteiger partial charge in [-0.25, -0.2) is 4.79 Å². The first kappa shape index (κ1) is 20.5. The largest absolute Gasteiger partial charge is 0.454 e. The monoisotopic (exact) mass is 388 g/mol. The average Bonchev–Trinajstić information content (AvgIpc) is 2.63. The van der Waals surface area contributed by atoms with Crippen LogP contribution in [0.15, 0.2) is 42.5 Å². The van der Waals surface area contributed by atoms with Crippen LogP contribution in [0.25, 0.3) is 0 Å². The minimum Gasteiger partial charge on any atom is -0.454 e. The number of benzene rings is 2. The average molecular weight is 389 g/mol. The zero-order valence-corrected chi connectivity index (χ0v) is 16.1. The van der Waals surface area contributed by atoms with Gasteiger partial charge in [0.15, 0.2) is 6.61 Å². The normalized spacial score (nSPS) is 11.4. The lowest BCUT2D eigenvalue weighted by Gasteiger charge is -2.14. The summed E-state index contributed by atoms with van der Waals surface area (Å²) in [4.78, 5) is 36.1. The number of esters is 1. The smallest absolute Gasteiger partial charge is 0.328 e. The van der Waals surface area contributed by atoms with Crippen molar-refractivity contribution in [2.75, 3.05) is 11.9 Å². The fraction of sp³-hybridized carbons (Fsp3) is 0.250. The second-order valence-corrected chi connectivity index (χ2v) is 6.54. The number of amides is 2. The molecular formula is C20H21ClN2O4. The molecule has 0 heterocycles. The minimum absolute atomic E-state index is 0.256. The van der Waals surface area contributed by atoms with Gasteiger partial charge in [-0.3, -0.25) is 9.59 Å². The van der Waals surface area contributed by atoms with Gasteiger partial charge in [0.2, 0.25) is 0 Å². The number of ether oxygens (including phenoxy) is 1. The van der Waals surface area contributed by atoms with Crippen molar-refractivity contribution in [3.8, 4) is 0 Å². The predicted octanol–water partition coefficient (Wildman–Crippen LogP) is 3.26. The molecule has 142 valence electrons. The van der Waals surface area contributed by atoms with Crippen molar-refractivity contribution in [1.29, 1.82) is 0 Å². The molecule has 0 saturated carbocycles. The van der Waals surface area contributed by atoms with E-state index >= 15 is 0 Å². The number of rotatable bonds is 6. The molecule has 2 rings (SSSR count). The molecule has 0 bridgehead atoms. The fourth-order valence-electron chi connectivity index (χ4n) is 2.26. The molecule has 0 unspecified atom stereocenters. The Hall–Kier alpha value is -2.86. The molecule has 0 spiro atoms. The Morgan fingerprint density at radius 2 is 1.78 bits per heavy atom. The van der Waals surface area contributed by atoms with Crippen LogP contribution >= 0.6 is 11.6 Å². The van der Waals surface area contributed by atoms with Gasteiger partial charge in [-0.05, 0) is 56.2 Å². The van der Waals surface area contributed by atoms with Crippen LogP contribution in [0.3, 0.4) is 0 Å². The number of hydrogen-bond donors (Lipinski definition) is 2. The molecule has 0 saturated heterocycles. The number of anilines is 1. The molecule has 7 heteroatoms. The first-order valence-electron chi connectivity index (χ1n) is 8.37. The van der Waals surface area contributed by atoms with E-state index in [9.17, 15) is 14.4 Å². The van der Waals surface area contributed by atoms with Crippen molar-refractivity contribution < 1.29 is 19.1 Å². The summed E-state index contributed by atoms with van der Waals surface area (Å²) in [5, 5.41) is 5.43. The van der Waals surface area contributed by atoms with Crippen LogP contribution in [-0.2, 0) is 14.3 Å². The molecule has 2 amide bonds. The second-order valence-electron chi connectivity index (χ2n) is 6.13. The number of halogens is 1. The Labute approximate surface area is 162 Å². The first-order chi connectivity index (χ1) is 12.8. The molecule has 2 aromatic rings.